The number of nitrogens with zero attached hydrogens (tertiary/aromatic N) is 10. The summed E-state index contributed by atoms with van der Waals surface area (Å²) in [5, 5.41) is 40.5. The molecule has 4 atom stereocenters. The molecule has 0 aliphatic carbocycles. The fraction of sp³-hybridized carbons (Fsp3) is 0.451. The molecule has 4 N–H and O–H groups in total. The highest BCUT2D eigenvalue weighted by Crippen LogP contribution is 2.37. The molecule has 70 heavy (non-hydrogen) atoms. The fourth-order valence-corrected chi connectivity index (χ4v) is 11.1. The molecule has 0 spiro atoms. The minimum atomic E-state index is -0.811. The molecule has 3 saturated heterocycles. The molecule has 2 amide bonds. The number of carbonyl (C=O) groups excluding carboxylic acids is 2. The van der Waals surface area contributed by atoms with E-state index in [4.69, 9.17) is 19.2 Å². The van der Waals surface area contributed by atoms with Gasteiger partial charge in [0.25, 0.3) is 5.88 Å². The quantitative estimate of drug-likeness (QED) is 0.0890. The first-order chi connectivity index (χ1) is 34.1. The minimum absolute atomic E-state index is 0.0635. The normalized spacial score (nSPS) is 20.0. The third-order valence-corrected chi connectivity index (χ3v) is 15.1. The third kappa shape index (κ3) is 10.1. The molecular formula is C51H60N12O6S. The summed E-state index contributed by atoms with van der Waals surface area (Å²) < 4.78 is 11.7. The zero-order chi connectivity index (χ0) is 48.3. The van der Waals surface area contributed by atoms with E-state index < -0.39 is 18.1 Å². The van der Waals surface area contributed by atoms with Crippen molar-refractivity contribution in [2.75, 3.05) is 74.1 Å². The zero-order valence-electron chi connectivity index (χ0n) is 39.8. The van der Waals surface area contributed by atoms with Gasteiger partial charge in [-0.1, -0.05) is 50.2 Å². The van der Waals surface area contributed by atoms with Crippen LogP contribution in [0.5, 0.6) is 11.6 Å². The van der Waals surface area contributed by atoms with Gasteiger partial charge < -0.3 is 49.7 Å². The van der Waals surface area contributed by atoms with Crippen LogP contribution in [0.3, 0.4) is 0 Å². The maximum Gasteiger partial charge on any atom is 0.254 e. The number of carbonyl (C=O) groups is 2. The number of ether oxygens (including phenoxy) is 1. The Hall–Kier alpha value is -6.70. The van der Waals surface area contributed by atoms with Crippen LogP contribution in [0.4, 0.5) is 17.5 Å². The van der Waals surface area contributed by atoms with Crippen LogP contribution in [0.25, 0.3) is 21.7 Å². The highest BCUT2D eigenvalue weighted by atomic mass is 32.1. The third-order valence-electron chi connectivity index (χ3n) is 14.2. The maximum absolute atomic E-state index is 14.1. The van der Waals surface area contributed by atoms with Gasteiger partial charge in [-0.2, -0.15) is 0 Å². The molecule has 3 fully saturated rings. The van der Waals surface area contributed by atoms with Crippen LogP contribution in [0.1, 0.15) is 73.9 Å². The van der Waals surface area contributed by atoms with E-state index in [9.17, 15) is 19.8 Å². The lowest BCUT2D eigenvalue weighted by atomic mass is 9.91. The number of aromatic nitrogens is 6. The van der Waals surface area contributed by atoms with Crippen LogP contribution >= 0.6 is 11.3 Å². The Bertz CT molecular complexity index is 2760. The van der Waals surface area contributed by atoms with Gasteiger partial charge in [0.05, 0.1) is 46.2 Å². The number of aliphatic hydroxyl groups excluding tert-OH is 1. The lowest BCUT2D eigenvalue weighted by molar-refractivity contribution is -0.141. The van der Waals surface area contributed by atoms with Crippen molar-refractivity contribution >= 4 is 40.6 Å². The molecule has 6 aromatic rings. The smallest absolute Gasteiger partial charge is 0.254 e. The van der Waals surface area contributed by atoms with Crippen molar-refractivity contribution in [1.29, 1.82) is 0 Å². The van der Waals surface area contributed by atoms with Crippen molar-refractivity contribution in [3.63, 3.8) is 0 Å². The van der Waals surface area contributed by atoms with Crippen LogP contribution < -0.4 is 25.2 Å². The Morgan fingerprint density at radius 3 is 2.54 bits per heavy atom. The summed E-state index contributed by atoms with van der Waals surface area (Å²) >= 11 is 1.59. The zero-order valence-corrected chi connectivity index (χ0v) is 40.6. The van der Waals surface area contributed by atoms with Crippen LogP contribution in [0.15, 0.2) is 83.1 Å². The predicted molar refractivity (Wildman–Crippen MR) is 266 cm³/mol. The Morgan fingerprint density at radius 1 is 0.986 bits per heavy atom. The number of aromatic hydroxyl groups is 1. The van der Waals surface area contributed by atoms with Crippen LogP contribution in [-0.2, 0) is 16.1 Å². The Kier molecular flexibility index (Phi) is 13.9. The number of amides is 2. The van der Waals surface area contributed by atoms with Gasteiger partial charge in [-0.15, -0.1) is 21.5 Å². The Labute approximate surface area is 411 Å². The van der Waals surface area contributed by atoms with Crippen LogP contribution in [-0.4, -0.2) is 139 Å². The van der Waals surface area contributed by atoms with Gasteiger partial charge in [0.1, 0.15) is 17.7 Å². The number of phenols is 1. The van der Waals surface area contributed by atoms with Crippen molar-refractivity contribution in [3.8, 4) is 33.3 Å². The number of benzene rings is 2. The summed E-state index contributed by atoms with van der Waals surface area (Å²) in [5.41, 5.74) is 8.28. The van der Waals surface area contributed by atoms with E-state index in [0.29, 0.717) is 42.0 Å². The molecule has 4 aliphatic heterocycles. The lowest BCUT2D eigenvalue weighted by Crippen LogP contribution is -2.58. The minimum Gasteiger partial charge on any atom is -0.507 e. The molecule has 0 radical (unpaired) electrons. The summed E-state index contributed by atoms with van der Waals surface area (Å²) in [6, 6.07) is 18.3. The number of hydrogen-bond acceptors (Lipinski definition) is 17. The van der Waals surface area contributed by atoms with Gasteiger partial charge in [-0.25, -0.2) is 15.0 Å². The van der Waals surface area contributed by atoms with E-state index in [-0.39, 0.29) is 42.5 Å². The number of piperidine rings is 1. The number of piperazine rings is 1. The number of likely N-dealkylation sites (tertiary alicyclic amines) is 2. The lowest BCUT2D eigenvalue weighted by Gasteiger charge is -2.45. The summed E-state index contributed by atoms with van der Waals surface area (Å²) in [6.45, 7) is 12.6. The van der Waals surface area contributed by atoms with Gasteiger partial charge in [0.15, 0.2) is 11.6 Å². The average Bonchev–Trinajstić information content (AvgIpc) is 4.14. The van der Waals surface area contributed by atoms with Gasteiger partial charge >= 0.3 is 0 Å². The summed E-state index contributed by atoms with van der Waals surface area (Å²) in [6.07, 6.45) is 6.21. The molecule has 4 aliphatic rings. The molecule has 10 rings (SSSR count). The first-order valence-electron chi connectivity index (χ1n) is 24.4. The SMILES string of the molecule is Cc1ncsc1-c1ccc(CNC(=O)[C@@H]2C[C@@H](O)CN2C(=O)[C@@H](c2cc(OCCCN3CCC(c4cnc(N5CCN6c7cc(-c8ccccc8O)nnc7NC[C@H]6C5)nc4)CC3)no2)C(C)C)cc1. The summed E-state index contributed by atoms with van der Waals surface area (Å²) in [5.74, 6) is 1.32. The van der Waals surface area contributed by atoms with Crippen molar-refractivity contribution < 1.29 is 29.1 Å². The fourth-order valence-electron chi connectivity index (χ4n) is 10.3. The molecule has 18 nitrogen and oxygen atoms in total. The monoisotopic (exact) mass is 968 g/mol. The van der Waals surface area contributed by atoms with Crippen molar-refractivity contribution in [2.45, 2.75) is 83.0 Å². The molecule has 0 bridgehead atoms. The first kappa shape index (κ1) is 47.0. The number of thiazole rings is 1. The number of aliphatic hydroxyl groups is 1. The Morgan fingerprint density at radius 2 is 1.79 bits per heavy atom. The van der Waals surface area contributed by atoms with E-state index in [0.717, 1.165) is 104 Å². The van der Waals surface area contributed by atoms with E-state index in [1.807, 2.05) is 81.1 Å². The average molecular weight is 969 g/mol. The number of hydrogen-bond donors (Lipinski definition) is 4. The van der Waals surface area contributed by atoms with Gasteiger partial charge in [-0.05, 0) is 91.2 Å². The van der Waals surface area contributed by atoms with E-state index in [2.05, 4.69) is 45.7 Å². The molecule has 8 heterocycles. The molecule has 0 unspecified atom stereocenters. The second-order valence-electron chi connectivity index (χ2n) is 19.2. The van der Waals surface area contributed by atoms with Crippen molar-refractivity contribution in [1.82, 2.24) is 45.4 Å². The first-order valence-corrected chi connectivity index (χ1v) is 25.2. The highest BCUT2D eigenvalue weighted by Gasteiger charge is 2.43. The number of fused-ring (bicyclic) bond motifs is 3. The second kappa shape index (κ2) is 20.7. The number of phenolic OH excluding ortho intramolecular Hbond substituents is 1. The number of para-hydroxylation sites is 1. The number of nitrogens with one attached hydrogen (secondary N) is 2. The number of β-amino-alcohol motifs (C(OH)–C–C–N with tert-alkyl or cyclic N) is 1. The van der Waals surface area contributed by atoms with E-state index >= 15 is 0 Å². The molecule has 366 valence electrons. The predicted octanol–water partition coefficient (Wildman–Crippen LogP) is 5.85. The topological polar surface area (TPSA) is 211 Å². The van der Waals surface area contributed by atoms with Gasteiger partial charge in [0, 0.05) is 76.3 Å². The second-order valence-corrected chi connectivity index (χ2v) is 20.0. The van der Waals surface area contributed by atoms with Gasteiger partial charge in [-0.3, -0.25) is 9.59 Å². The van der Waals surface area contributed by atoms with Crippen molar-refractivity contribution in [2.24, 2.45) is 5.92 Å². The van der Waals surface area contributed by atoms with Crippen LogP contribution in [0.2, 0.25) is 0 Å². The molecule has 2 aromatic carbocycles. The molecular weight excluding hydrogens is 909 g/mol. The van der Waals surface area contributed by atoms with E-state index in [1.165, 1.54) is 10.5 Å². The Balaban J connectivity index is 0.659. The highest BCUT2D eigenvalue weighted by molar-refractivity contribution is 7.13. The number of anilines is 3. The summed E-state index contributed by atoms with van der Waals surface area (Å²) in [4.78, 5) is 51.4. The summed E-state index contributed by atoms with van der Waals surface area (Å²) in [7, 11) is 0. The standard InChI is InChI=1S/C51H60N12O6S/c1-31(2)46(50(67)63-29-38(64)21-42(63)49(66)53-24-33-9-11-35(12-10-33)47-32(3)56-30-70-47)44-23-45(59-69-44)68-20-6-15-60-16-13-34(14-17-60)36-25-54-51(55-26-36)61-18-19-62-37(28-61)27-52-48-41(62)22-40(57-58-48)39-7-4-5-8-43(39)65/h4-5,7-12,22-23,25-26,30-31,34,37-38,42,46,64-65H,6,13-21,24,27-29H2,1-3H3,(H,52,58)(H,53,66)/t37-,38+,42-,46+/m0/s1. The van der Waals surface area contributed by atoms with E-state index in [1.54, 1.807) is 29.5 Å². The molecule has 0 saturated carbocycles. The maximum atomic E-state index is 14.1. The number of rotatable bonds is 15. The van der Waals surface area contributed by atoms with Gasteiger partial charge in [0.2, 0.25) is 17.8 Å². The van der Waals surface area contributed by atoms with Crippen LogP contribution in [0, 0.1) is 12.8 Å². The largest absolute Gasteiger partial charge is 0.507 e. The number of aryl methyl sites for hydroxylation is 1. The molecule has 19 heteroatoms. The van der Waals surface area contributed by atoms with Crippen molar-refractivity contribution in [3.05, 3.63) is 101 Å². The molecule has 4 aromatic heterocycles.